The number of nitrogens with zero attached hydrogens (tertiary/aromatic N) is 4. The van der Waals surface area contributed by atoms with E-state index in [4.69, 9.17) is 15.7 Å². The molecule has 2 N–H and O–H groups in total. The molecule has 0 unspecified atom stereocenters. The first-order valence-electron chi connectivity index (χ1n) is 5.64. The summed E-state index contributed by atoms with van der Waals surface area (Å²) in [5.74, 6) is -0.322. The summed E-state index contributed by atoms with van der Waals surface area (Å²) in [4.78, 5) is 10.2. The number of non-ortho nitro benzene ring substituents is 1. The first kappa shape index (κ1) is 13.9. The largest absolute Gasteiger partial charge is 0.467 e. The minimum atomic E-state index is -1.92. The Kier molecular flexibility index (Phi) is 3.19. The molecule has 1 aliphatic rings. The van der Waals surface area contributed by atoms with Crippen LogP contribution in [0.15, 0.2) is 35.7 Å². The van der Waals surface area contributed by atoms with Gasteiger partial charge in [-0.05, 0) is 0 Å². The minimum absolute atomic E-state index is 0.218. The van der Waals surface area contributed by atoms with Crippen LogP contribution in [-0.4, -0.2) is 4.92 Å². The molecule has 1 atom stereocenters. The van der Waals surface area contributed by atoms with Crippen LogP contribution in [0.1, 0.15) is 11.7 Å². The highest BCUT2D eigenvalue weighted by Gasteiger charge is 2.53. The van der Waals surface area contributed by atoms with Crippen LogP contribution in [0.4, 0.5) is 5.69 Å². The number of benzene rings is 1. The van der Waals surface area contributed by atoms with Crippen LogP contribution >= 0.6 is 0 Å². The van der Waals surface area contributed by atoms with Gasteiger partial charge in [-0.1, -0.05) is 12.1 Å². The highest BCUT2D eigenvalue weighted by molar-refractivity contribution is 5.51. The molecule has 0 amide bonds. The van der Waals surface area contributed by atoms with Crippen LogP contribution in [-0.2, 0) is 4.74 Å². The second-order valence-electron chi connectivity index (χ2n) is 4.23. The van der Waals surface area contributed by atoms with E-state index in [-0.39, 0.29) is 22.7 Å². The number of nitriles is 3. The molecule has 1 aromatic rings. The molecule has 0 radical (unpaired) electrons. The molecule has 8 nitrogen and oxygen atoms in total. The van der Waals surface area contributed by atoms with E-state index in [1.165, 1.54) is 24.3 Å². The van der Waals surface area contributed by atoms with Crippen LogP contribution in [0.3, 0.4) is 0 Å². The predicted molar refractivity (Wildman–Crippen MR) is 67.4 cm³/mol. The first-order valence-corrected chi connectivity index (χ1v) is 5.64. The number of rotatable bonds is 2. The molecule has 102 valence electrons. The minimum Gasteiger partial charge on any atom is -0.467 e. The van der Waals surface area contributed by atoms with Crippen molar-refractivity contribution in [3.63, 3.8) is 0 Å². The van der Waals surface area contributed by atoms with Crippen molar-refractivity contribution in [2.45, 2.75) is 6.10 Å². The van der Waals surface area contributed by atoms with Gasteiger partial charge in [0.2, 0.25) is 11.3 Å². The lowest BCUT2D eigenvalue weighted by molar-refractivity contribution is -0.385. The molecule has 1 aromatic carbocycles. The Morgan fingerprint density at radius 2 is 2.00 bits per heavy atom. The maximum atomic E-state index is 10.8. The molecule has 0 spiro atoms. The summed E-state index contributed by atoms with van der Waals surface area (Å²) < 4.78 is 5.25. The van der Waals surface area contributed by atoms with Crippen molar-refractivity contribution in [1.82, 2.24) is 0 Å². The van der Waals surface area contributed by atoms with Crippen molar-refractivity contribution in [3.8, 4) is 18.2 Å². The van der Waals surface area contributed by atoms with Crippen molar-refractivity contribution >= 4 is 5.69 Å². The predicted octanol–water partition coefficient (Wildman–Crippen LogP) is 1.39. The molecule has 0 saturated heterocycles. The van der Waals surface area contributed by atoms with Gasteiger partial charge in [0.15, 0.2) is 6.10 Å². The Balaban J connectivity index is 2.60. The van der Waals surface area contributed by atoms with Crippen molar-refractivity contribution < 1.29 is 9.66 Å². The fourth-order valence-corrected chi connectivity index (χ4v) is 2.12. The van der Waals surface area contributed by atoms with Crippen LogP contribution in [0.5, 0.6) is 0 Å². The van der Waals surface area contributed by atoms with Gasteiger partial charge in [-0.25, -0.2) is 0 Å². The lowest BCUT2D eigenvalue weighted by Gasteiger charge is -2.20. The van der Waals surface area contributed by atoms with E-state index >= 15 is 0 Å². The van der Waals surface area contributed by atoms with E-state index in [1.54, 1.807) is 18.2 Å². The van der Waals surface area contributed by atoms with Gasteiger partial charge in [0.1, 0.15) is 11.6 Å². The van der Waals surface area contributed by atoms with Crippen molar-refractivity contribution in [2.24, 2.45) is 11.1 Å². The van der Waals surface area contributed by atoms with Crippen LogP contribution in [0.2, 0.25) is 0 Å². The molecular weight excluding hydrogens is 274 g/mol. The van der Waals surface area contributed by atoms with Crippen LogP contribution < -0.4 is 5.73 Å². The van der Waals surface area contributed by atoms with Crippen LogP contribution in [0.25, 0.3) is 0 Å². The monoisotopic (exact) mass is 281 g/mol. The lowest BCUT2D eigenvalue weighted by atomic mass is 9.77. The Morgan fingerprint density at radius 1 is 1.33 bits per heavy atom. The number of nitrogens with two attached hydrogens (primary N) is 1. The number of hydrogen-bond donors (Lipinski definition) is 1. The third-order valence-corrected chi connectivity index (χ3v) is 3.13. The van der Waals surface area contributed by atoms with E-state index < -0.39 is 16.4 Å². The first-order chi connectivity index (χ1) is 10.00. The molecule has 1 aliphatic heterocycles. The van der Waals surface area contributed by atoms with E-state index in [2.05, 4.69) is 0 Å². The van der Waals surface area contributed by atoms with E-state index in [0.717, 1.165) is 0 Å². The summed E-state index contributed by atoms with van der Waals surface area (Å²) in [6, 6.07) is 10.5. The molecule has 1 heterocycles. The quantitative estimate of drug-likeness (QED) is 0.635. The average Bonchev–Trinajstić information content (AvgIpc) is 2.79. The summed E-state index contributed by atoms with van der Waals surface area (Å²) in [6.07, 6.45) is -1.19. The van der Waals surface area contributed by atoms with Gasteiger partial charge in [-0.2, -0.15) is 15.8 Å². The van der Waals surface area contributed by atoms with E-state index in [0.29, 0.717) is 0 Å². The van der Waals surface area contributed by atoms with Crippen LogP contribution in [0, 0.1) is 49.5 Å². The highest BCUT2D eigenvalue weighted by Crippen LogP contribution is 2.49. The number of nitro benzene ring substituents is 1. The molecule has 0 aliphatic carbocycles. The topological polar surface area (TPSA) is 150 Å². The molecule has 8 heteroatoms. The summed E-state index contributed by atoms with van der Waals surface area (Å²) >= 11 is 0. The van der Waals surface area contributed by atoms with E-state index in [9.17, 15) is 20.6 Å². The second kappa shape index (κ2) is 4.84. The summed E-state index contributed by atoms with van der Waals surface area (Å²) in [6.45, 7) is 0. The maximum absolute atomic E-state index is 10.8. The molecule has 0 aromatic heterocycles. The summed E-state index contributed by atoms with van der Waals surface area (Å²) in [7, 11) is 0. The van der Waals surface area contributed by atoms with Crippen molar-refractivity contribution in [3.05, 3.63) is 51.4 Å². The van der Waals surface area contributed by atoms with Gasteiger partial charge in [-0.15, -0.1) is 0 Å². The third-order valence-electron chi connectivity index (χ3n) is 3.13. The SMILES string of the molecule is N#CC1=C(N)O[C@H](c2cccc([N+](=O)[O-])c2)C1(C#N)C#N. The molecule has 0 saturated carbocycles. The number of nitro groups is 1. The summed E-state index contributed by atoms with van der Waals surface area (Å²) in [5, 5.41) is 38.5. The second-order valence-corrected chi connectivity index (χ2v) is 4.23. The maximum Gasteiger partial charge on any atom is 0.269 e. The highest BCUT2D eigenvalue weighted by atomic mass is 16.6. The fourth-order valence-electron chi connectivity index (χ4n) is 2.12. The third kappa shape index (κ3) is 1.90. The Bertz CT molecular complexity index is 764. The van der Waals surface area contributed by atoms with Gasteiger partial charge in [0.05, 0.1) is 17.1 Å². The molecule has 0 bridgehead atoms. The Hall–Kier alpha value is -3.57. The Morgan fingerprint density at radius 3 is 2.52 bits per heavy atom. The van der Waals surface area contributed by atoms with Gasteiger partial charge in [0.25, 0.3) is 5.69 Å². The number of ether oxygens (including phenoxy) is 1. The smallest absolute Gasteiger partial charge is 0.269 e. The molecule has 0 fully saturated rings. The standard InChI is InChI=1S/C13H7N5O3/c14-5-10-12(17)21-11(13(10,6-15)7-16)8-2-1-3-9(4-8)18(19)20/h1-4,11H,17H2/t11-/m1/s1. The molecular formula is C13H7N5O3. The van der Waals surface area contributed by atoms with Crippen molar-refractivity contribution in [2.75, 3.05) is 0 Å². The number of hydrogen-bond acceptors (Lipinski definition) is 7. The van der Waals surface area contributed by atoms with E-state index in [1.807, 2.05) is 0 Å². The Labute approximate surface area is 119 Å². The zero-order valence-electron chi connectivity index (χ0n) is 10.5. The lowest BCUT2D eigenvalue weighted by Crippen LogP contribution is -2.24. The fraction of sp³-hybridized carbons (Fsp3) is 0.154. The molecule has 21 heavy (non-hydrogen) atoms. The molecule has 2 rings (SSSR count). The van der Waals surface area contributed by atoms with Crippen molar-refractivity contribution in [1.29, 1.82) is 15.8 Å². The average molecular weight is 281 g/mol. The van der Waals surface area contributed by atoms with Gasteiger partial charge >= 0.3 is 0 Å². The normalized spacial score (nSPS) is 19.0. The summed E-state index contributed by atoms with van der Waals surface area (Å²) in [5.41, 5.74) is 3.34. The zero-order chi connectivity index (χ0) is 15.6. The van der Waals surface area contributed by atoms with Gasteiger partial charge < -0.3 is 10.5 Å². The van der Waals surface area contributed by atoms with Gasteiger partial charge in [-0.3, -0.25) is 10.1 Å². The van der Waals surface area contributed by atoms with Gasteiger partial charge in [0, 0.05) is 17.7 Å². The zero-order valence-corrected chi connectivity index (χ0v) is 10.5.